The molecule has 6 nitrogen and oxygen atoms in total. The lowest BCUT2D eigenvalue weighted by atomic mass is 10.1. The minimum absolute atomic E-state index is 0.173. The number of H-pyrrole nitrogens is 1. The van der Waals surface area contributed by atoms with Crippen molar-refractivity contribution >= 4 is 11.9 Å². The third kappa shape index (κ3) is 3.19. The van der Waals surface area contributed by atoms with Gasteiger partial charge < -0.3 is 14.8 Å². The van der Waals surface area contributed by atoms with Gasteiger partial charge in [-0.2, -0.15) is 0 Å². The number of ether oxygens (including phenoxy) is 1. The first-order chi connectivity index (χ1) is 8.47. The average molecular weight is 253 g/mol. The number of pyridine rings is 1. The number of carboxylic acids is 1. The van der Waals surface area contributed by atoms with E-state index in [0.29, 0.717) is 5.56 Å². The van der Waals surface area contributed by atoms with Gasteiger partial charge in [-0.05, 0) is 25.0 Å². The Balaban J connectivity index is 2.97. The summed E-state index contributed by atoms with van der Waals surface area (Å²) in [6.45, 7) is 3.70. The molecule has 0 unspecified atom stereocenters. The van der Waals surface area contributed by atoms with E-state index in [2.05, 4.69) is 4.98 Å². The Morgan fingerprint density at radius 2 is 2.11 bits per heavy atom. The van der Waals surface area contributed by atoms with E-state index < -0.39 is 17.5 Å². The molecule has 0 aliphatic rings. The fraction of sp³-hybridized carbons (Fsp3) is 0.417. The molecule has 18 heavy (non-hydrogen) atoms. The highest BCUT2D eigenvalue weighted by atomic mass is 16.5. The molecule has 1 heterocycles. The summed E-state index contributed by atoms with van der Waals surface area (Å²) in [4.78, 5) is 36.1. The monoisotopic (exact) mass is 253 g/mol. The first kappa shape index (κ1) is 14.0. The van der Waals surface area contributed by atoms with Crippen molar-refractivity contribution in [3.8, 4) is 0 Å². The summed E-state index contributed by atoms with van der Waals surface area (Å²) in [5, 5.41) is 8.81. The molecule has 0 aliphatic heterocycles. The number of nitrogens with one attached hydrogen (secondary N) is 1. The Hall–Kier alpha value is -2.11. The molecule has 1 aromatic heterocycles. The molecule has 0 amide bonds. The molecule has 0 aromatic carbocycles. The van der Waals surface area contributed by atoms with Gasteiger partial charge in [0.05, 0.1) is 6.61 Å². The van der Waals surface area contributed by atoms with Gasteiger partial charge in [-0.25, -0.2) is 9.59 Å². The van der Waals surface area contributed by atoms with Crippen LogP contribution in [0.4, 0.5) is 0 Å². The van der Waals surface area contributed by atoms with Gasteiger partial charge in [0.15, 0.2) is 0 Å². The zero-order valence-corrected chi connectivity index (χ0v) is 10.3. The van der Waals surface area contributed by atoms with Gasteiger partial charge in [0, 0.05) is 0 Å². The number of hydrogen-bond donors (Lipinski definition) is 2. The predicted molar refractivity (Wildman–Crippen MR) is 63.9 cm³/mol. The highest BCUT2D eigenvalue weighted by Gasteiger charge is 2.17. The van der Waals surface area contributed by atoms with Crippen molar-refractivity contribution in [3.63, 3.8) is 0 Å². The standard InChI is InChI=1S/C12H15NO5/c1-3-4-5-18-12(17)8-6-7(2)9(11(15)16)13-10(8)14/h6H,3-5H2,1-2H3,(H,13,14)(H,15,16). The summed E-state index contributed by atoms with van der Waals surface area (Å²) in [6, 6.07) is 1.23. The third-order valence-corrected chi connectivity index (χ3v) is 2.40. The number of aromatic carboxylic acids is 1. The number of carboxylic acid groups (broad SMARTS) is 1. The molecule has 98 valence electrons. The number of hydrogen-bond acceptors (Lipinski definition) is 4. The lowest BCUT2D eigenvalue weighted by Gasteiger charge is -2.05. The van der Waals surface area contributed by atoms with Gasteiger partial charge in [-0.1, -0.05) is 13.3 Å². The van der Waals surface area contributed by atoms with Gasteiger partial charge in [0.25, 0.3) is 5.56 Å². The second kappa shape index (κ2) is 6.00. The van der Waals surface area contributed by atoms with Crippen LogP contribution < -0.4 is 5.56 Å². The number of carbonyl (C=O) groups excluding carboxylic acids is 1. The number of rotatable bonds is 5. The highest BCUT2D eigenvalue weighted by Crippen LogP contribution is 2.06. The second-order valence-corrected chi connectivity index (χ2v) is 3.86. The van der Waals surface area contributed by atoms with Crippen molar-refractivity contribution in [2.75, 3.05) is 6.61 Å². The zero-order valence-electron chi connectivity index (χ0n) is 10.3. The zero-order chi connectivity index (χ0) is 13.7. The maximum Gasteiger partial charge on any atom is 0.352 e. The van der Waals surface area contributed by atoms with Gasteiger partial charge >= 0.3 is 11.9 Å². The molecule has 2 N–H and O–H groups in total. The summed E-state index contributed by atoms with van der Waals surface area (Å²) in [5.41, 5.74) is -0.831. The molecule has 0 aliphatic carbocycles. The van der Waals surface area contributed by atoms with Crippen LogP contribution in [0.5, 0.6) is 0 Å². The summed E-state index contributed by atoms with van der Waals surface area (Å²) >= 11 is 0. The van der Waals surface area contributed by atoms with Crippen molar-refractivity contribution in [2.45, 2.75) is 26.7 Å². The third-order valence-electron chi connectivity index (χ3n) is 2.40. The van der Waals surface area contributed by atoms with Gasteiger partial charge in [-0.3, -0.25) is 4.79 Å². The number of unbranched alkanes of at least 4 members (excludes halogenated alkanes) is 1. The van der Waals surface area contributed by atoms with E-state index >= 15 is 0 Å². The lowest BCUT2D eigenvalue weighted by molar-refractivity contribution is 0.0496. The molecule has 6 heteroatoms. The van der Waals surface area contributed by atoms with Crippen LogP contribution in [0.2, 0.25) is 0 Å². The molecule has 0 bridgehead atoms. The molecular weight excluding hydrogens is 238 g/mol. The minimum Gasteiger partial charge on any atom is -0.477 e. The summed E-state index contributed by atoms with van der Waals surface area (Å²) < 4.78 is 4.90. The average Bonchev–Trinajstić information content (AvgIpc) is 2.31. The van der Waals surface area contributed by atoms with Crippen LogP contribution in [-0.2, 0) is 4.74 Å². The smallest absolute Gasteiger partial charge is 0.352 e. The van der Waals surface area contributed by atoms with Crippen LogP contribution >= 0.6 is 0 Å². The van der Waals surface area contributed by atoms with Crippen LogP contribution in [0.3, 0.4) is 0 Å². The van der Waals surface area contributed by atoms with Gasteiger partial charge in [0.2, 0.25) is 0 Å². The van der Waals surface area contributed by atoms with Crippen LogP contribution in [0, 0.1) is 6.92 Å². The fourth-order valence-corrected chi connectivity index (χ4v) is 1.39. The predicted octanol–water partition coefficient (Wildman–Crippen LogP) is 1.34. The van der Waals surface area contributed by atoms with Crippen LogP contribution in [-0.4, -0.2) is 28.6 Å². The van der Waals surface area contributed by atoms with Crippen molar-refractivity contribution in [2.24, 2.45) is 0 Å². The van der Waals surface area contributed by atoms with E-state index in [0.717, 1.165) is 12.8 Å². The largest absolute Gasteiger partial charge is 0.477 e. The molecule has 0 radical (unpaired) electrons. The summed E-state index contributed by atoms with van der Waals surface area (Å²) in [5.74, 6) is -1.97. The van der Waals surface area contributed by atoms with E-state index in [1.807, 2.05) is 6.92 Å². The molecule has 0 saturated carbocycles. The highest BCUT2D eigenvalue weighted by molar-refractivity contribution is 5.92. The Morgan fingerprint density at radius 1 is 1.44 bits per heavy atom. The topological polar surface area (TPSA) is 96.5 Å². The Kier molecular flexibility index (Phi) is 4.65. The SMILES string of the molecule is CCCCOC(=O)c1cc(C)c(C(=O)O)[nH]c1=O. The number of esters is 1. The minimum atomic E-state index is -1.24. The lowest BCUT2D eigenvalue weighted by Crippen LogP contribution is -2.23. The van der Waals surface area contributed by atoms with Crippen LogP contribution in [0.25, 0.3) is 0 Å². The van der Waals surface area contributed by atoms with Crippen LogP contribution in [0.1, 0.15) is 46.2 Å². The Bertz CT molecular complexity index is 518. The van der Waals surface area contributed by atoms with Crippen LogP contribution in [0.15, 0.2) is 10.9 Å². The van der Waals surface area contributed by atoms with Gasteiger partial charge in [0.1, 0.15) is 11.3 Å². The second-order valence-electron chi connectivity index (χ2n) is 3.86. The summed E-state index contributed by atoms with van der Waals surface area (Å²) in [6.07, 6.45) is 1.59. The number of aromatic amines is 1. The maximum absolute atomic E-state index is 11.6. The van der Waals surface area contributed by atoms with E-state index in [4.69, 9.17) is 9.84 Å². The first-order valence-electron chi connectivity index (χ1n) is 5.61. The van der Waals surface area contributed by atoms with E-state index in [9.17, 15) is 14.4 Å². The number of carbonyl (C=O) groups is 2. The Morgan fingerprint density at radius 3 is 2.67 bits per heavy atom. The van der Waals surface area contributed by atoms with Crippen molar-refractivity contribution in [3.05, 3.63) is 33.2 Å². The molecular formula is C12H15NO5. The first-order valence-corrected chi connectivity index (χ1v) is 5.61. The Labute approximate surface area is 104 Å². The quantitative estimate of drug-likeness (QED) is 0.609. The van der Waals surface area contributed by atoms with Crippen molar-refractivity contribution < 1.29 is 19.4 Å². The molecule has 0 spiro atoms. The molecule has 1 rings (SSSR count). The fourth-order valence-electron chi connectivity index (χ4n) is 1.39. The van der Waals surface area contributed by atoms with E-state index in [1.165, 1.54) is 13.0 Å². The molecule has 0 fully saturated rings. The van der Waals surface area contributed by atoms with E-state index in [-0.39, 0.29) is 17.9 Å². The number of aryl methyl sites for hydroxylation is 1. The maximum atomic E-state index is 11.6. The van der Waals surface area contributed by atoms with Crippen molar-refractivity contribution in [1.82, 2.24) is 4.98 Å². The molecule has 1 aromatic rings. The number of aromatic nitrogens is 1. The normalized spacial score (nSPS) is 10.1. The van der Waals surface area contributed by atoms with Gasteiger partial charge in [-0.15, -0.1) is 0 Å². The molecule has 0 atom stereocenters. The molecule has 0 saturated heterocycles. The summed E-state index contributed by atoms with van der Waals surface area (Å²) in [7, 11) is 0. The van der Waals surface area contributed by atoms with Crippen molar-refractivity contribution in [1.29, 1.82) is 0 Å². The van der Waals surface area contributed by atoms with E-state index in [1.54, 1.807) is 0 Å².